The van der Waals surface area contributed by atoms with Crippen LogP contribution in [0.3, 0.4) is 0 Å². The molecule has 134 valence electrons. The number of phenolic OH excluding ortho intramolecular Hbond substituents is 1. The average Bonchev–Trinajstić information content (AvgIpc) is 2.67. The van der Waals surface area contributed by atoms with Crippen LogP contribution in [0.5, 0.6) is 11.5 Å². The second-order valence-corrected chi connectivity index (χ2v) is 6.75. The molecule has 0 spiro atoms. The largest absolute Gasteiger partial charge is 0.508 e. The number of methoxy groups -OCH3 is 1. The first-order valence-corrected chi connectivity index (χ1v) is 9.07. The number of piperazine rings is 1. The molecule has 0 radical (unpaired) electrons. The van der Waals surface area contributed by atoms with E-state index in [0.717, 1.165) is 44.8 Å². The SMILES string of the molecule is COc1ccccc1N1CCN([C@@H](C)CCc2ccc(O)cc2)CC1. The van der Waals surface area contributed by atoms with E-state index in [2.05, 4.69) is 28.9 Å². The van der Waals surface area contributed by atoms with Crippen molar-refractivity contribution >= 4 is 5.69 Å². The summed E-state index contributed by atoms with van der Waals surface area (Å²) in [6, 6.07) is 16.4. The lowest BCUT2D eigenvalue weighted by Gasteiger charge is -2.39. The van der Waals surface area contributed by atoms with Crippen molar-refractivity contribution in [1.29, 1.82) is 0 Å². The minimum Gasteiger partial charge on any atom is -0.508 e. The van der Waals surface area contributed by atoms with E-state index in [1.54, 1.807) is 19.2 Å². The first-order chi connectivity index (χ1) is 12.2. The third kappa shape index (κ3) is 4.45. The third-order valence-corrected chi connectivity index (χ3v) is 5.15. The zero-order valence-corrected chi connectivity index (χ0v) is 15.2. The zero-order valence-electron chi connectivity index (χ0n) is 15.2. The monoisotopic (exact) mass is 340 g/mol. The molecule has 0 unspecified atom stereocenters. The van der Waals surface area contributed by atoms with Gasteiger partial charge in [0.05, 0.1) is 12.8 Å². The fourth-order valence-corrected chi connectivity index (χ4v) is 3.52. The van der Waals surface area contributed by atoms with E-state index in [1.807, 2.05) is 24.3 Å². The topological polar surface area (TPSA) is 35.9 Å². The van der Waals surface area contributed by atoms with E-state index >= 15 is 0 Å². The van der Waals surface area contributed by atoms with Crippen LogP contribution < -0.4 is 9.64 Å². The summed E-state index contributed by atoms with van der Waals surface area (Å²) in [5, 5.41) is 9.37. The van der Waals surface area contributed by atoms with E-state index in [0.29, 0.717) is 11.8 Å². The van der Waals surface area contributed by atoms with Crippen LogP contribution in [0, 0.1) is 0 Å². The minimum absolute atomic E-state index is 0.337. The Labute approximate surface area is 150 Å². The molecule has 1 aliphatic rings. The second-order valence-electron chi connectivity index (χ2n) is 6.75. The Hall–Kier alpha value is -2.20. The summed E-state index contributed by atoms with van der Waals surface area (Å²) in [5.41, 5.74) is 2.48. The number of aromatic hydroxyl groups is 1. The van der Waals surface area contributed by atoms with Gasteiger partial charge in [0, 0.05) is 32.2 Å². The Balaban J connectivity index is 1.50. The second kappa shape index (κ2) is 8.26. The highest BCUT2D eigenvalue weighted by molar-refractivity contribution is 5.58. The van der Waals surface area contributed by atoms with Crippen LogP contribution in [0.25, 0.3) is 0 Å². The Morgan fingerprint density at radius 3 is 2.36 bits per heavy atom. The van der Waals surface area contributed by atoms with E-state index in [1.165, 1.54) is 11.3 Å². The van der Waals surface area contributed by atoms with Crippen molar-refractivity contribution < 1.29 is 9.84 Å². The number of hydrogen-bond donors (Lipinski definition) is 1. The Kier molecular flexibility index (Phi) is 5.82. The highest BCUT2D eigenvalue weighted by atomic mass is 16.5. The molecule has 0 amide bonds. The normalized spacial score (nSPS) is 16.6. The van der Waals surface area contributed by atoms with Crippen molar-refractivity contribution in [2.45, 2.75) is 25.8 Å². The lowest BCUT2D eigenvalue weighted by molar-refractivity contribution is 0.188. The first-order valence-electron chi connectivity index (χ1n) is 9.07. The van der Waals surface area contributed by atoms with Gasteiger partial charge in [0.15, 0.2) is 0 Å². The van der Waals surface area contributed by atoms with Gasteiger partial charge in [-0.2, -0.15) is 0 Å². The molecule has 1 saturated heterocycles. The molecule has 1 atom stereocenters. The Morgan fingerprint density at radius 2 is 1.68 bits per heavy atom. The molecule has 1 fully saturated rings. The van der Waals surface area contributed by atoms with Crippen LogP contribution >= 0.6 is 0 Å². The van der Waals surface area contributed by atoms with E-state index in [9.17, 15) is 5.11 Å². The fourth-order valence-electron chi connectivity index (χ4n) is 3.52. The maximum Gasteiger partial charge on any atom is 0.142 e. The van der Waals surface area contributed by atoms with Crippen LogP contribution in [0.1, 0.15) is 18.9 Å². The summed E-state index contributed by atoms with van der Waals surface area (Å²) < 4.78 is 5.50. The lowest BCUT2D eigenvalue weighted by Crippen LogP contribution is -2.49. The molecule has 0 saturated carbocycles. The number of ether oxygens (including phenoxy) is 1. The number of para-hydroxylation sites is 2. The zero-order chi connectivity index (χ0) is 17.6. The number of benzene rings is 2. The first kappa shape index (κ1) is 17.6. The molecular weight excluding hydrogens is 312 g/mol. The summed E-state index contributed by atoms with van der Waals surface area (Å²) in [7, 11) is 1.74. The van der Waals surface area contributed by atoms with Crippen LogP contribution in [0.4, 0.5) is 5.69 Å². The molecule has 0 aliphatic carbocycles. The predicted molar refractivity (Wildman–Crippen MR) is 103 cm³/mol. The molecule has 3 rings (SSSR count). The van der Waals surface area contributed by atoms with Crippen LogP contribution in [-0.2, 0) is 6.42 Å². The number of aryl methyl sites for hydroxylation is 1. The minimum atomic E-state index is 0.337. The molecule has 2 aromatic rings. The quantitative estimate of drug-likeness (QED) is 0.872. The smallest absolute Gasteiger partial charge is 0.142 e. The van der Waals surface area contributed by atoms with Crippen molar-refractivity contribution in [3.05, 3.63) is 54.1 Å². The highest BCUT2D eigenvalue weighted by Crippen LogP contribution is 2.28. The molecule has 1 heterocycles. The van der Waals surface area contributed by atoms with E-state index < -0.39 is 0 Å². The van der Waals surface area contributed by atoms with Gasteiger partial charge in [-0.3, -0.25) is 4.90 Å². The summed E-state index contributed by atoms with van der Waals surface area (Å²) in [5.74, 6) is 1.29. The van der Waals surface area contributed by atoms with Gasteiger partial charge >= 0.3 is 0 Å². The Bertz CT molecular complexity index is 664. The number of nitrogens with zero attached hydrogens (tertiary/aromatic N) is 2. The Morgan fingerprint density at radius 1 is 1.00 bits per heavy atom. The fraction of sp³-hybridized carbons (Fsp3) is 0.429. The van der Waals surface area contributed by atoms with Crippen molar-refractivity contribution in [1.82, 2.24) is 4.90 Å². The number of rotatable bonds is 6. The van der Waals surface area contributed by atoms with Gasteiger partial charge < -0.3 is 14.7 Å². The van der Waals surface area contributed by atoms with Crippen LogP contribution in [0.15, 0.2) is 48.5 Å². The summed E-state index contributed by atoms with van der Waals surface area (Å²) in [6.07, 6.45) is 2.19. The summed E-state index contributed by atoms with van der Waals surface area (Å²) >= 11 is 0. The summed E-state index contributed by atoms with van der Waals surface area (Å²) in [6.45, 7) is 6.54. The molecule has 2 aromatic carbocycles. The van der Waals surface area contributed by atoms with Crippen LogP contribution in [0.2, 0.25) is 0 Å². The molecule has 4 nitrogen and oxygen atoms in total. The van der Waals surface area contributed by atoms with Gasteiger partial charge in [0.25, 0.3) is 0 Å². The predicted octanol–water partition coefficient (Wildman–Crippen LogP) is 3.54. The van der Waals surface area contributed by atoms with Gasteiger partial charge in [-0.05, 0) is 49.6 Å². The maximum atomic E-state index is 9.37. The van der Waals surface area contributed by atoms with Gasteiger partial charge in [0.2, 0.25) is 0 Å². The van der Waals surface area contributed by atoms with Crippen molar-refractivity contribution in [3.63, 3.8) is 0 Å². The van der Waals surface area contributed by atoms with Crippen molar-refractivity contribution in [2.75, 3.05) is 38.2 Å². The molecule has 0 aromatic heterocycles. The molecular formula is C21H28N2O2. The van der Waals surface area contributed by atoms with Gasteiger partial charge in [-0.25, -0.2) is 0 Å². The highest BCUT2D eigenvalue weighted by Gasteiger charge is 2.22. The third-order valence-electron chi connectivity index (χ3n) is 5.15. The van der Waals surface area contributed by atoms with E-state index in [-0.39, 0.29) is 0 Å². The van der Waals surface area contributed by atoms with Gasteiger partial charge in [-0.1, -0.05) is 24.3 Å². The standard InChI is InChI=1S/C21H28N2O2/c1-17(7-8-18-9-11-19(24)12-10-18)22-13-15-23(16-14-22)20-5-3-4-6-21(20)25-2/h3-6,9-12,17,24H,7-8,13-16H2,1-2H3/t17-/m0/s1. The number of phenols is 1. The maximum absolute atomic E-state index is 9.37. The molecule has 25 heavy (non-hydrogen) atoms. The van der Waals surface area contributed by atoms with Crippen molar-refractivity contribution in [2.24, 2.45) is 0 Å². The number of hydrogen-bond acceptors (Lipinski definition) is 4. The van der Waals surface area contributed by atoms with Crippen molar-refractivity contribution in [3.8, 4) is 11.5 Å². The average molecular weight is 340 g/mol. The molecule has 1 N–H and O–H groups in total. The van der Waals surface area contributed by atoms with E-state index in [4.69, 9.17) is 4.74 Å². The van der Waals surface area contributed by atoms with Gasteiger partial charge in [-0.15, -0.1) is 0 Å². The van der Waals surface area contributed by atoms with Gasteiger partial charge in [0.1, 0.15) is 11.5 Å². The summed E-state index contributed by atoms with van der Waals surface area (Å²) in [4.78, 5) is 4.99. The molecule has 0 bridgehead atoms. The number of anilines is 1. The molecule has 1 aliphatic heterocycles. The lowest BCUT2D eigenvalue weighted by atomic mass is 10.0. The molecule has 4 heteroatoms. The van der Waals surface area contributed by atoms with Crippen LogP contribution in [-0.4, -0.2) is 49.3 Å².